The highest BCUT2D eigenvalue weighted by molar-refractivity contribution is 5.77. The molecular weight excluding hydrogens is 248 g/mol. The lowest BCUT2D eigenvalue weighted by Gasteiger charge is -2.05. The molecular formula is C12H16N4O3. The lowest BCUT2D eigenvalue weighted by molar-refractivity contribution is -0.126. The number of ether oxygens (including phenoxy) is 2. The topological polar surface area (TPSA) is 77.8 Å². The van der Waals surface area contributed by atoms with Gasteiger partial charge in [0.15, 0.2) is 11.5 Å². The van der Waals surface area contributed by atoms with Crippen molar-refractivity contribution in [2.24, 2.45) is 0 Å². The SMILES string of the molecule is COCCOCC(=O)NCc1nnc2ccccn12. The van der Waals surface area contributed by atoms with Crippen LogP contribution in [0.4, 0.5) is 0 Å². The minimum atomic E-state index is -0.191. The predicted octanol–water partition coefficient (Wildman–Crippen LogP) is 0.00850. The monoisotopic (exact) mass is 264 g/mol. The normalized spacial score (nSPS) is 10.8. The molecule has 2 rings (SSSR count). The summed E-state index contributed by atoms with van der Waals surface area (Å²) in [5.74, 6) is 0.490. The van der Waals surface area contributed by atoms with Crippen LogP contribution in [0.25, 0.3) is 5.65 Å². The fourth-order valence-corrected chi connectivity index (χ4v) is 1.55. The van der Waals surface area contributed by atoms with Gasteiger partial charge < -0.3 is 14.8 Å². The van der Waals surface area contributed by atoms with Crippen LogP contribution in [0.1, 0.15) is 5.82 Å². The molecule has 0 aliphatic carbocycles. The molecule has 1 amide bonds. The molecule has 0 aliphatic rings. The first-order valence-corrected chi connectivity index (χ1v) is 5.93. The number of aromatic nitrogens is 3. The average Bonchev–Trinajstić information content (AvgIpc) is 2.85. The van der Waals surface area contributed by atoms with Crippen molar-refractivity contribution in [3.8, 4) is 0 Å². The fourth-order valence-electron chi connectivity index (χ4n) is 1.55. The van der Waals surface area contributed by atoms with Crippen LogP contribution in [0.15, 0.2) is 24.4 Å². The second-order valence-corrected chi connectivity index (χ2v) is 3.87. The molecule has 0 saturated heterocycles. The zero-order valence-corrected chi connectivity index (χ0v) is 10.7. The first kappa shape index (κ1) is 13.4. The molecule has 0 saturated carbocycles. The van der Waals surface area contributed by atoms with Crippen LogP contribution in [0.5, 0.6) is 0 Å². The van der Waals surface area contributed by atoms with Gasteiger partial charge >= 0.3 is 0 Å². The van der Waals surface area contributed by atoms with Crippen LogP contribution in [-0.4, -0.2) is 47.4 Å². The van der Waals surface area contributed by atoms with E-state index < -0.39 is 0 Å². The summed E-state index contributed by atoms with van der Waals surface area (Å²) in [5.41, 5.74) is 0.753. The number of nitrogens with one attached hydrogen (secondary N) is 1. The highest BCUT2D eigenvalue weighted by Crippen LogP contribution is 2.01. The van der Waals surface area contributed by atoms with Gasteiger partial charge in [0, 0.05) is 13.3 Å². The van der Waals surface area contributed by atoms with Crippen molar-refractivity contribution in [3.63, 3.8) is 0 Å². The largest absolute Gasteiger partial charge is 0.382 e. The third-order valence-corrected chi connectivity index (χ3v) is 2.49. The minimum Gasteiger partial charge on any atom is -0.382 e. The molecule has 0 fully saturated rings. The summed E-state index contributed by atoms with van der Waals surface area (Å²) in [5, 5.41) is 10.7. The molecule has 2 aromatic heterocycles. The molecule has 102 valence electrons. The predicted molar refractivity (Wildman–Crippen MR) is 67.5 cm³/mol. The Hall–Kier alpha value is -1.99. The van der Waals surface area contributed by atoms with Crippen molar-refractivity contribution < 1.29 is 14.3 Å². The molecule has 0 spiro atoms. The molecule has 0 unspecified atom stereocenters. The van der Waals surface area contributed by atoms with Gasteiger partial charge in [-0.2, -0.15) is 0 Å². The van der Waals surface area contributed by atoms with Crippen molar-refractivity contribution in [1.82, 2.24) is 19.9 Å². The third-order valence-electron chi connectivity index (χ3n) is 2.49. The van der Waals surface area contributed by atoms with Crippen LogP contribution in [0.2, 0.25) is 0 Å². The van der Waals surface area contributed by atoms with Gasteiger partial charge in [0.05, 0.1) is 19.8 Å². The maximum absolute atomic E-state index is 11.5. The maximum atomic E-state index is 11.5. The number of carbonyl (C=O) groups is 1. The Balaban J connectivity index is 1.80. The molecule has 0 bridgehead atoms. The minimum absolute atomic E-state index is 0.0140. The molecule has 1 N–H and O–H groups in total. The van der Waals surface area contributed by atoms with Crippen molar-refractivity contribution >= 4 is 11.6 Å². The van der Waals surface area contributed by atoms with Crippen molar-refractivity contribution in [2.45, 2.75) is 6.54 Å². The molecule has 0 radical (unpaired) electrons. The third kappa shape index (κ3) is 3.73. The Kier molecular flexibility index (Phi) is 4.82. The van der Waals surface area contributed by atoms with Crippen LogP contribution >= 0.6 is 0 Å². The smallest absolute Gasteiger partial charge is 0.246 e. The van der Waals surface area contributed by atoms with Gasteiger partial charge in [0.25, 0.3) is 0 Å². The zero-order chi connectivity index (χ0) is 13.5. The number of hydrogen-bond donors (Lipinski definition) is 1. The molecule has 2 heterocycles. The molecule has 0 aromatic carbocycles. The lowest BCUT2D eigenvalue weighted by atomic mass is 10.4. The van der Waals surface area contributed by atoms with E-state index >= 15 is 0 Å². The number of fused-ring (bicyclic) bond motifs is 1. The van der Waals surface area contributed by atoms with Gasteiger partial charge in [0.1, 0.15) is 6.61 Å². The number of carbonyl (C=O) groups excluding carboxylic acids is 1. The van der Waals surface area contributed by atoms with Crippen LogP contribution in [0, 0.1) is 0 Å². The number of rotatable bonds is 7. The summed E-state index contributed by atoms with van der Waals surface area (Å²) < 4.78 is 11.8. The van der Waals surface area contributed by atoms with Crippen molar-refractivity contribution in [3.05, 3.63) is 30.2 Å². The number of hydrogen-bond acceptors (Lipinski definition) is 5. The van der Waals surface area contributed by atoms with Crippen molar-refractivity contribution in [2.75, 3.05) is 26.9 Å². The number of methoxy groups -OCH3 is 1. The number of nitrogens with zero attached hydrogens (tertiary/aromatic N) is 3. The van der Waals surface area contributed by atoms with E-state index in [0.717, 1.165) is 5.65 Å². The van der Waals surface area contributed by atoms with Gasteiger partial charge in [0.2, 0.25) is 5.91 Å². The molecule has 7 heteroatoms. The summed E-state index contributed by atoms with van der Waals surface area (Å²) in [4.78, 5) is 11.5. The quantitative estimate of drug-likeness (QED) is 0.713. The first-order chi connectivity index (χ1) is 9.31. The Morgan fingerprint density at radius 1 is 1.37 bits per heavy atom. The second-order valence-electron chi connectivity index (χ2n) is 3.87. The van der Waals surface area contributed by atoms with E-state index in [-0.39, 0.29) is 12.5 Å². The molecule has 0 aliphatic heterocycles. The average molecular weight is 264 g/mol. The van der Waals surface area contributed by atoms with Crippen LogP contribution in [-0.2, 0) is 20.8 Å². The summed E-state index contributed by atoms with van der Waals surface area (Å²) in [7, 11) is 1.58. The molecule has 2 aromatic rings. The van der Waals surface area contributed by atoms with E-state index in [1.54, 1.807) is 7.11 Å². The van der Waals surface area contributed by atoms with Gasteiger partial charge in [-0.1, -0.05) is 6.07 Å². The van der Waals surface area contributed by atoms with Crippen LogP contribution in [0.3, 0.4) is 0 Å². The second kappa shape index (κ2) is 6.81. The molecule has 7 nitrogen and oxygen atoms in total. The number of pyridine rings is 1. The fraction of sp³-hybridized carbons (Fsp3) is 0.417. The Morgan fingerprint density at radius 3 is 3.11 bits per heavy atom. The number of amides is 1. The van der Waals surface area contributed by atoms with E-state index in [9.17, 15) is 4.79 Å². The summed E-state index contributed by atoms with van der Waals surface area (Å²) in [6.07, 6.45) is 1.85. The van der Waals surface area contributed by atoms with E-state index in [0.29, 0.717) is 25.6 Å². The maximum Gasteiger partial charge on any atom is 0.246 e. The van der Waals surface area contributed by atoms with Gasteiger partial charge in [-0.3, -0.25) is 9.20 Å². The van der Waals surface area contributed by atoms with E-state index in [1.807, 2.05) is 28.8 Å². The van der Waals surface area contributed by atoms with E-state index in [2.05, 4.69) is 15.5 Å². The van der Waals surface area contributed by atoms with Gasteiger partial charge in [-0.15, -0.1) is 10.2 Å². The summed E-state index contributed by atoms with van der Waals surface area (Å²) in [6.45, 7) is 1.21. The zero-order valence-electron chi connectivity index (χ0n) is 10.7. The highest BCUT2D eigenvalue weighted by atomic mass is 16.5. The standard InChI is InChI=1S/C12H16N4O3/c1-18-6-7-19-9-12(17)13-8-11-15-14-10-4-2-3-5-16(10)11/h2-5H,6-9H2,1H3,(H,13,17). The van der Waals surface area contributed by atoms with Gasteiger partial charge in [-0.05, 0) is 12.1 Å². The lowest BCUT2D eigenvalue weighted by Crippen LogP contribution is -2.28. The van der Waals surface area contributed by atoms with E-state index in [4.69, 9.17) is 9.47 Å². The Morgan fingerprint density at radius 2 is 2.26 bits per heavy atom. The molecule has 19 heavy (non-hydrogen) atoms. The Bertz CT molecular complexity index is 541. The molecule has 0 atom stereocenters. The highest BCUT2D eigenvalue weighted by Gasteiger charge is 2.06. The van der Waals surface area contributed by atoms with Gasteiger partial charge in [-0.25, -0.2) is 0 Å². The van der Waals surface area contributed by atoms with Crippen molar-refractivity contribution in [1.29, 1.82) is 0 Å². The summed E-state index contributed by atoms with van der Waals surface area (Å²) in [6, 6.07) is 5.62. The van der Waals surface area contributed by atoms with E-state index in [1.165, 1.54) is 0 Å². The van der Waals surface area contributed by atoms with Crippen LogP contribution < -0.4 is 5.32 Å². The first-order valence-electron chi connectivity index (χ1n) is 5.93. The Labute approximate surface area is 110 Å². The summed E-state index contributed by atoms with van der Waals surface area (Å²) >= 11 is 0.